The summed E-state index contributed by atoms with van der Waals surface area (Å²) in [6, 6.07) is 19.7. The molecule has 25 heavy (non-hydrogen) atoms. The minimum Gasteiger partial charge on any atom is -0.289 e. The molecule has 0 atom stereocenters. The summed E-state index contributed by atoms with van der Waals surface area (Å²) in [5.41, 5.74) is 0.0838. The molecule has 0 aliphatic carbocycles. The number of halogens is 2. The second-order valence-corrected chi connectivity index (χ2v) is 7.99. The van der Waals surface area contributed by atoms with Gasteiger partial charge >= 0.3 is 0 Å². The Hall–Kier alpha value is -2.13. The number of fused-ring (bicyclic) bond motifs is 4. The van der Waals surface area contributed by atoms with Crippen molar-refractivity contribution in [3.05, 3.63) is 80.9 Å². The maximum Gasteiger partial charge on any atom is 0.195 e. The minimum absolute atomic E-state index is 0.0838. The maximum absolute atomic E-state index is 12.9. The van der Waals surface area contributed by atoms with Gasteiger partial charge < -0.3 is 0 Å². The van der Waals surface area contributed by atoms with Gasteiger partial charge in [0.15, 0.2) is 5.43 Å². The van der Waals surface area contributed by atoms with Crippen LogP contribution in [0.4, 0.5) is 0 Å². The molecule has 5 rings (SSSR count). The summed E-state index contributed by atoms with van der Waals surface area (Å²) in [4.78, 5) is 12.9. The van der Waals surface area contributed by atoms with Crippen LogP contribution in [-0.2, 0) is 0 Å². The highest BCUT2D eigenvalue weighted by atomic mass is 35.5. The molecule has 0 amide bonds. The van der Waals surface area contributed by atoms with Gasteiger partial charge in [-0.1, -0.05) is 35.3 Å². The third-order valence-electron chi connectivity index (χ3n) is 4.53. The van der Waals surface area contributed by atoms with Crippen molar-refractivity contribution < 1.29 is 0 Å². The number of rotatable bonds is 0. The Morgan fingerprint density at radius 1 is 0.640 bits per heavy atom. The van der Waals surface area contributed by atoms with E-state index in [1.165, 1.54) is 0 Å². The van der Waals surface area contributed by atoms with Gasteiger partial charge in [-0.15, -0.1) is 11.3 Å². The smallest absolute Gasteiger partial charge is 0.195 e. The van der Waals surface area contributed by atoms with Crippen LogP contribution < -0.4 is 5.43 Å². The van der Waals surface area contributed by atoms with Gasteiger partial charge in [0.1, 0.15) is 0 Å². The first kappa shape index (κ1) is 15.2. The molecular formula is C21H10Cl2OS. The molecule has 1 nitrogen and oxygen atoms in total. The summed E-state index contributed by atoms with van der Waals surface area (Å²) >= 11 is 13.9. The van der Waals surface area contributed by atoms with Crippen molar-refractivity contribution in [3.63, 3.8) is 0 Å². The van der Waals surface area contributed by atoms with Gasteiger partial charge in [0.2, 0.25) is 0 Å². The predicted octanol–water partition coefficient (Wildman–Crippen LogP) is 7.03. The van der Waals surface area contributed by atoms with E-state index < -0.39 is 0 Å². The summed E-state index contributed by atoms with van der Waals surface area (Å²) < 4.78 is 2.01. The standard InChI is InChI=1S/C21H10Cl2OS/c22-17-8-12-5-11-7-16-20(10-14(11)6-13(12)9-18(17)23)25-19-4-2-1-3-15(19)21(16)24/h1-10H. The zero-order valence-electron chi connectivity index (χ0n) is 12.8. The van der Waals surface area contributed by atoms with Crippen molar-refractivity contribution in [2.24, 2.45) is 0 Å². The molecule has 4 heteroatoms. The molecule has 0 spiro atoms. The molecule has 0 saturated heterocycles. The number of hydrogen-bond donors (Lipinski definition) is 0. The lowest BCUT2D eigenvalue weighted by Gasteiger charge is -2.07. The van der Waals surface area contributed by atoms with Crippen LogP contribution in [-0.4, -0.2) is 0 Å². The topological polar surface area (TPSA) is 17.1 Å². The van der Waals surface area contributed by atoms with Crippen LogP contribution in [0.25, 0.3) is 41.7 Å². The van der Waals surface area contributed by atoms with E-state index in [0.29, 0.717) is 10.0 Å². The Kier molecular flexibility index (Phi) is 3.29. The minimum atomic E-state index is 0.0838. The second-order valence-electron chi connectivity index (χ2n) is 6.09. The van der Waals surface area contributed by atoms with Gasteiger partial charge in [-0.3, -0.25) is 4.79 Å². The molecule has 4 aromatic carbocycles. The summed E-state index contributed by atoms with van der Waals surface area (Å²) in [5.74, 6) is 0. The highest BCUT2D eigenvalue weighted by molar-refractivity contribution is 7.24. The van der Waals surface area contributed by atoms with E-state index in [2.05, 4.69) is 18.2 Å². The molecule has 1 heterocycles. The van der Waals surface area contributed by atoms with Crippen LogP contribution in [0.3, 0.4) is 0 Å². The SMILES string of the molecule is O=c1c2ccccc2sc2cc3cc4cc(Cl)c(Cl)cc4cc3cc12. The van der Waals surface area contributed by atoms with E-state index in [-0.39, 0.29) is 5.43 Å². The lowest BCUT2D eigenvalue weighted by Crippen LogP contribution is -2.00. The largest absolute Gasteiger partial charge is 0.289 e. The van der Waals surface area contributed by atoms with E-state index in [4.69, 9.17) is 23.2 Å². The molecule has 1 aromatic heterocycles. The highest BCUT2D eigenvalue weighted by Gasteiger charge is 2.09. The molecule has 5 aromatic rings. The Balaban J connectivity index is 1.95. The molecule has 0 aliphatic heterocycles. The fourth-order valence-electron chi connectivity index (χ4n) is 3.29. The zero-order chi connectivity index (χ0) is 17.1. The van der Waals surface area contributed by atoms with Crippen LogP contribution in [0.2, 0.25) is 10.0 Å². The summed E-state index contributed by atoms with van der Waals surface area (Å²) in [7, 11) is 0. The lowest BCUT2D eigenvalue weighted by molar-refractivity contribution is 1.76. The van der Waals surface area contributed by atoms with Crippen molar-refractivity contribution in [1.29, 1.82) is 0 Å². The summed E-state index contributed by atoms with van der Waals surface area (Å²) in [6.45, 7) is 0. The summed E-state index contributed by atoms with van der Waals surface area (Å²) in [5, 5.41) is 6.78. The first-order valence-corrected chi connectivity index (χ1v) is 9.35. The van der Waals surface area contributed by atoms with Crippen LogP contribution in [0.15, 0.2) is 65.5 Å². The molecule has 0 radical (unpaired) electrons. The fourth-order valence-corrected chi connectivity index (χ4v) is 4.74. The highest BCUT2D eigenvalue weighted by Crippen LogP contribution is 2.33. The molecule has 0 saturated carbocycles. The first-order valence-electron chi connectivity index (χ1n) is 7.78. The average Bonchev–Trinajstić information content (AvgIpc) is 2.60. The van der Waals surface area contributed by atoms with Crippen molar-refractivity contribution in [1.82, 2.24) is 0 Å². The van der Waals surface area contributed by atoms with E-state index in [1.807, 2.05) is 42.5 Å². The van der Waals surface area contributed by atoms with Gasteiger partial charge in [-0.25, -0.2) is 0 Å². The molecule has 120 valence electrons. The molecule has 0 N–H and O–H groups in total. The van der Waals surface area contributed by atoms with E-state index in [0.717, 1.165) is 41.7 Å². The summed E-state index contributed by atoms with van der Waals surface area (Å²) in [6.07, 6.45) is 0. The molecule has 0 bridgehead atoms. The Bertz CT molecular complexity index is 1390. The van der Waals surface area contributed by atoms with Crippen molar-refractivity contribution in [2.75, 3.05) is 0 Å². The van der Waals surface area contributed by atoms with Gasteiger partial charge in [-0.2, -0.15) is 0 Å². The van der Waals surface area contributed by atoms with E-state index in [1.54, 1.807) is 11.3 Å². The van der Waals surface area contributed by atoms with Crippen molar-refractivity contribution >= 4 is 76.3 Å². The van der Waals surface area contributed by atoms with Gasteiger partial charge in [0.05, 0.1) is 10.0 Å². The van der Waals surface area contributed by atoms with Gasteiger partial charge in [0, 0.05) is 20.2 Å². The molecular weight excluding hydrogens is 371 g/mol. The quantitative estimate of drug-likeness (QED) is 0.263. The van der Waals surface area contributed by atoms with E-state index in [9.17, 15) is 4.79 Å². The Morgan fingerprint density at radius 3 is 1.96 bits per heavy atom. The van der Waals surface area contributed by atoms with Crippen LogP contribution in [0.1, 0.15) is 0 Å². The lowest BCUT2D eigenvalue weighted by atomic mass is 10.0. The van der Waals surface area contributed by atoms with Gasteiger partial charge in [0.25, 0.3) is 0 Å². The fraction of sp³-hybridized carbons (Fsp3) is 0. The Morgan fingerprint density at radius 2 is 1.24 bits per heavy atom. The normalized spacial score (nSPS) is 11.8. The molecule has 0 unspecified atom stereocenters. The third kappa shape index (κ3) is 2.33. The second kappa shape index (κ2) is 5.43. The average molecular weight is 381 g/mol. The number of hydrogen-bond acceptors (Lipinski definition) is 2. The van der Waals surface area contributed by atoms with E-state index >= 15 is 0 Å². The van der Waals surface area contributed by atoms with Crippen LogP contribution >= 0.6 is 34.5 Å². The van der Waals surface area contributed by atoms with Crippen molar-refractivity contribution in [3.8, 4) is 0 Å². The first-order chi connectivity index (χ1) is 12.1. The Labute approximate surface area is 157 Å². The molecule has 0 fully saturated rings. The van der Waals surface area contributed by atoms with Crippen molar-refractivity contribution in [2.45, 2.75) is 0 Å². The molecule has 0 aliphatic rings. The number of benzene rings is 4. The van der Waals surface area contributed by atoms with Crippen LogP contribution in [0, 0.1) is 0 Å². The van der Waals surface area contributed by atoms with Gasteiger partial charge in [-0.05, 0) is 70.1 Å². The third-order valence-corrected chi connectivity index (χ3v) is 6.39. The van der Waals surface area contributed by atoms with Crippen LogP contribution in [0.5, 0.6) is 0 Å². The predicted molar refractivity (Wildman–Crippen MR) is 111 cm³/mol. The zero-order valence-corrected chi connectivity index (χ0v) is 15.2. The monoisotopic (exact) mass is 380 g/mol. The maximum atomic E-state index is 12.9.